The predicted octanol–water partition coefficient (Wildman–Crippen LogP) is 1.77. The van der Waals surface area contributed by atoms with E-state index in [-0.39, 0.29) is 24.5 Å². The summed E-state index contributed by atoms with van der Waals surface area (Å²) in [5.74, 6) is 1.29. The molecule has 0 unspecified atom stereocenters. The summed E-state index contributed by atoms with van der Waals surface area (Å²) in [7, 11) is 3.67. The third kappa shape index (κ3) is 6.44. The number of nitrogens with one attached hydrogen (secondary N) is 1. The van der Waals surface area contributed by atoms with Crippen molar-refractivity contribution in [1.29, 1.82) is 0 Å². The van der Waals surface area contributed by atoms with Crippen LogP contribution in [-0.4, -0.2) is 81.2 Å². The number of nitrogens with zero attached hydrogens (tertiary/aromatic N) is 2. The molecule has 2 amide bonds. The fourth-order valence-corrected chi connectivity index (χ4v) is 4.09. The van der Waals surface area contributed by atoms with Crippen LogP contribution in [0.3, 0.4) is 0 Å². The molecule has 2 fully saturated rings. The molecule has 0 spiro atoms. The zero-order valence-corrected chi connectivity index (χ0v) is 17.6. The van der Waals surface area contributed by atoms with Crippen molar-refractivity contribution in [2.75, 3.05) is 53.5 Å². The van der Waals surface area contributed by atoms with Gasteiger partial charge in [0.2, 0.25) is 5.91 Å². The smallest absolute Gasteiger partial charge is 0.251 e. The largest absolute Gasteiger partial charge is 0.490 e. The number of methoxy groups -OCH3 is 1. The van der Waals surface area contributed by atoms with Crippen LogP contribution in [0.25, 0.3) is 0 Å². The molecule has 0 saturated carbocycles. The Morgan fingerprint density at radius 3 is 2.48 bits per heavy atom. The number of ether oxygens (including phenoxy) is 2. The van der Waals surface area contributed by atoms with Crippen LogP contribution in [0.5, 0.6) is 5.75 Å². The highest BCUT2D eigenvalue weighted by molar-refractivity contribution is 5.94. The topological polar surface area (TPSA) is 71.1 Å². The van der Waals surface area contributed by atoms with Gasteiger partial charge in [0.1, 0.15) is 18.5 Å². The van der Waals surface area contributed by atoms with E-state index in [9.17, 15) is 9.59 Å². The van der Waals surface area contributed by atoms with E-state index >= 15 is 0 Å². The lowest BCUT2D eigenvalue weighted by atomic mass is 9.98. The summed E-state index contributed by atoms with van der Waals surface area (Å²) < 4.78 is 10.9. The van der Waals surface area contributed by atoms with Crippen LogP contribution in [0.2, 0.25) is 0 Å². The third-order valence-electron chi connectivity index (χ3n) is 5.76. The molecule has 1 aromatic rings. The molecule has 2 heterocycles. The van der Waals surface area contributed by atoms with Crippen molar-refractivity contribution in [3.8, 4) is 5.75 Å². The van der Waals surface area contributed by atoms with Gasteiger partial charge in [-0.3, -0.25) is 9.59 Å². The lowest BCUT2D eigenvalue weighted by Crippen LogP contribution is -2.43. The van der Waals surface area contributed by atoms with Crippen LogP contribution >= 0.6 is 0 Å². The highest BCUT2D eigenvalue weighted by atomic mass is 16.5. The highest BCUT2D eigenvalue weighted by Gasteiger charge is 2.24. The number of likely N-dealkylation sites (tertiary alicyclic amines) is 2. The van der Waals surface area contributed by atoms with Crippen molar-refractivity contribution >= 4 is 11.8 Å². The van der Waals surface area contributed by atoms with Gasteiger partial charge in [-0.05, 0) is 56.6 Å². The zero-order chi connectivity index (χ0) is 20.6. The van der Waals surface area contributed by atoms with Gasteiger partial charge >= 0.3 is 0 Å². The number of rotatable bonds is 7. The molecule has 2 saturated heterocycles. The van der Waals surface area contributed by atoms with Crippen LogP contribution in [0.1, 0.15) is 36.0 Å². The number of amides is 2. The summed E-state index contributed by atoms with van der Waals surface area (Å²) in [6.07, 6.45) is 4.06. The van der Waals surface area contributed by atoms with E-state index in [1.807, 2.05) is 29.2 Å². The first-order chi connectivity index (χ1) is 14.0. The molecule has 160 valence electrons. The van der Waals surface area contributed by atoms with Gasteiger partial charge in [-0.15, -0.1) is 0 Å². The van der Waals surface area contributed by atoms with Crippen LogP contribution < -0.4 is 10.1 Å². The lowest BCUT2D eigenvalue weighted by Gasteiger charge is -2.32. The summed E-state index contributed by atoms with van der Waals surface area (Å²) in [6.45, 7) is 4.42. The molecule has 2 aliphatic rings. The molecule has 29 heavy (non-hydrogen) atoms. The predicted molar refractivity (Wildman–Crippen MR) is 111 cm³/mol. The maximum absolute atomic E-state index is 12.4. The van der Waals surface area contributed by atoms with Crippen molar-refractivity contribution in [3.63, 3.8) is 0 Å². The Balaban J connectivity index is 1.42. The number of hydrogen-bond acceptors (Lipinski definition) is 5. The molecule has 1 N–H and O–H groups in total. The Bertz CT molecular complexity index is 671. The maximum atomic E-state index is 12.4. The van der Waals surface area contributed by atoms with E-state index in [4.69, 9.17) is 9.47 Å². The number of carbonyl (C=O) groups is 2. The molecule has 0 radical (unpaired) electrons. The zero-order valence-electron chi connectivity index (χ0n) is 17.6. The van der Waals surface area contributed by atoms with E-state index in [0.717, 1.165) is 38.2 Å². The van der Waals surface area contributed by atoms with E-state index in [1.54, 1.807) is 0 Å². The van der Waals surface area contributed by atoms with E-state index in [1.165, 1.54) is 20.0 Å². The van der Waals surface area contributed by atoms with Gasteiger partial charge in [0, 0.05) is 51.7 Å². The van der Waals surface area contributed by atoms with E-state index in [0.29, 0.717) is 24.6 Å². The van der Waals surface area contributed by atoms with Gasteiger partial charge < -0.3 is 24.6 Å². The summed E-state index contributed by atoms with van der Waals surface area (Å²) in [5, 5.41) is 3.06. The Kier molecular flexibility index (Phi) is 7.89. The van der Waals surface area contributed by atoms with Gasteiger partial charge in [0.25, 0.3) is 5.91 Å². The van der Waals surface area contributed by atoms with Gasteiger partial charge in [0.15, 0.2) is 0 Å². The molecule has 1 aromatic carbocycles. The number of carbonyl (C=O) groups excluding carboxylic acids is 2. The van der Waals surface area contributed by atoms with Gasteiger partial charge in [-0.2, -0.15) is 0 Å². The minimum absolute atomic E-state index is 0.0289. The first-order valence-electron chi connectivity index (χ1n) is 10.6. The molecular formula is C22H33N3O4. The SMILES string of the molecule is COCC(=O)N1CCC(Oc2ccc(C(=O)NC[C@H]3CCCN(C)C3)cc2)CC1. The summed E-state index contributed by atoms with van der Waals surface area (Å²) >= 11 is 0. The van der Waals surface area contributed by atoms with Crippen molar-refractivity contribution < 1.29 is 19.1 Å². The molecule has 2 aliphatic heterocycles. The minimum Gasteiger partial charge on any atom is -0.490 e. The van der Waals surface area contributed by atoms with Crippen LogP contribution in [0, 0.1) is 5.92 Å². The van der Waals surface area contributed by atoms with Gasteiger partial charge in [0.05, 0.1) is 0 Å². The van der Waals surface area contributed by atoms with Gasteiger partial charge in [-0.25, -0.2) is 0 Å². The normalized spacial score (nSPS) is 21.0. The summed E-state index contributed by atoms with van der Waals surface area (Å²) in [6, 6.07) is 7.33. The van der Waals surface area contributed by atoms with Crippen molar-refractivity contribution in [1.82, 2.24) is 15.1 Å². The van der Waals surface area contributed by atoms with Crippen LogP contribution in [-0.2, 0) is 9.53 Å². The van der Waals surface area contributed by atoms with E-state index in [2.05, 4.69) is 17.3 Å². The third-order valence-corrected chi connectivity index (χ3v) is 5.76. The average Bonchev–Trinajstić information content (AvgIpc) is 2.73. The molecule has 0 bridgehead atoms. The Hall–Kier alpha value is -2.12. The second-order valence-corrected chi connectivity index (χ2v) is 8.14. The van der Waals surface area contributed by atoms with E-state index < -0.39 is 0 Å². The Morgan fingerprint density at radius 1 is 1.10 bits per heavy atom. The summed E-state index contributed by atoms with van der Waals surface area (Å²) in [5.41, 5.74) is 0.654. The quantitative estimate of drug-likeness (QED) is 0.751. The standard InChI is InChI=1S/C22H33N3O4/c1-24-11-3-4-17(15-24)14-23-22(27)18-5-7-19(8-6-18)29-20-9-12-25(13-10-20)21(26)16-28-2/h5-8,17,20H,3-4,9-16H2,1-2H3,(H,23,27)/t17-/m1/s1. The molecule has 3 rings (SSSR count). The first-order valence-corrected chi connectivity index (χ1v) is 10.6. The minimum atomic E-state index is -0.0326. The average molecular weight is 404 g/mol. The highest BCUT2D eigenvalue weighted by Crippen LogP contribution is 2.20. The second kappa shape index (κ2) is 10.6. The Morgan fingerprint density at radius 2 is 1.83 bits per heavy atom. The molecule has 0 aliphatic carbocycles. The number of benzene rings is 1. The van der Waals surface area contributed by atoms with Crippen molar-refractivity contribution in [3.05, 3.63) is 29.8 Å². The molecular weight excluding hydrogens is 370 g/mol. The van der Waals surface area contributed by atoms with Crippen molar-refractivity contribution in [2.45, 2.75) is 31.8 Å². The van der Waals surface area contributed by atoms with Gasteiger partial charge in [-0.1, -0.05) is 0 Å². The fraction of sp³-hybridized carbons (Fsp3) is 0.636. The molecule has 0 aromatic heterocycles. The molecule has 7 heteroatoms. The first kappa shape index (κ1) is 21.6. The Labute approximate surface area is 173 Å². The molecule has 1 atom stereocenters. The summed E-state index contributed by atoms with van der Waals surface area (Å²) in [4.78, 5) is 28.4. The number of piperidine rings is 2. The van der Waals surface area contributed by atoms with Crippen LogP contribution in [0.4, 0.5) is 0 Å². The second-order valence-electron chi connectivity index (χ2n) is 8.14. The monoisotopic (exact) mass is 403 g/mol. The number of hydrogen-bond donors (Lipinski definition) is 1. The van der Waals surface area contributed by atoms with Crippen molar-refractivity contribution in [2.24, 2.45) is 5.92 Å². The molecule has 7 nitrogen and oxygen atoms in total. The lowest BCUT2D eigenvalue weighted by molar-refractivity contribution is -0.136. The fourth-order valence-electron chi connectivity index (χ4n) is 4.09. The van der Waals surface area contributed by atoms with Crippen LogP contribution in [0.15, 0.2) is 24.3 Å². The maximum Gasteiger partial charge on any atom is 0.251 e.